The molecule has 0 fully saturated rings. The maximum absolute atomic E-state index is 6.18. The largest absolute Gasteiger partial charge is 0.494 e. The number of fused-ring (bicyclic) bond motifs is 10. The van der Waals surface area contributed by atoms with Crippen LogP contribution in [0, 0.1) is 0 Å². The summed E-state index contributed by atoms with van der Waals surface area (Å²) < 4.78 is 6.18. The van der Waals surface area contributed by atoms with Crippen LogP contribution in [0.4, 0.5) is 0 Å². The van der Waals surface area contributed by atoms with Crippen LogP contribution in [-0.2, 0) is 25.7 Å². The van der Waals surface area contributed by atoms with Crippen LogP contribution in [0.15, 0.2) is 170 Å². The van der Waals surface area contributed by atoms with Crippen molar-refractivity contribution in [1.29, 1.82) is 0 Å². The molecule has 62 heavy (non-hydrogen) atoms. The summed E-state index contributed by atoms with van der Waals surface area (Å²) in [5.41, 5.74) is 21.3. The van der Waals surface area contributed by atoms with Crippen LogP contribution in [0.2, 0.25) is 0 Å². The first-order valence-electron chi connectivity index (χ1n) is 21.9. The van der Waals surface area contributed by atoms with Crippen molar-refractivity contribution in [1.82, 2.24) is 15.0 Å². The summed E-state index contributed by atoms with van der Waals surface area (Å²) in [6.07, 6.45) is 7.63. The van der Waals surface area contributed by atoms with Crippen molar-refractivity contribution in [3.8, 4) is 61.6 Å². The van der Waals surface area contributed by atoms with Crippen molar-refractivity contribution in [2.45, 2.75) is 38.5 Å². The standard InChI is InChI=1S/C58H43N3O/c1-2-3-12-33-62-41-29-25-38(26-30-41)54-46-31-27-36-21-23-39(55-42-13-4-8-17-50(42)59-51-18-9-5-14-43(51)55)34-48(36)57(46)61-58-47(54)32-28-37-22-24-40(35-49(37)58)56-44-15-6-10-19-52(44)60-53-20-11-7-16-45(53)56/h2,4-11,13-26,29-30,34-35H,1,3,12,27-28,31-33H2. The van der Waals surface area contributed by atoms with Crippen molar-refractivity contribution >= 4 is 43.6 Å². The van der Waals surface area contributed by atoms with Crippen LogP contribution in [0.3, 0.4) is 0 Å². The molecular weight excluding hydrogens is 755 g/mol. The SMILES string of the molecule is C=CCCCOc1ccc(-c2c3c(nc4c2CCc2ccc(-c5c6ccccc6nc6ccccc56)cc2-4)-c2cc(-c4c5ccccc5nc5ccccc45)ccc2CC3)cc1. The maximum atomic E-state index is 6.18. The molecule has 0 amide bonds. The van der Waals surface area contributed by atoms with E-state index in [1.807, 2.05) is 6.08 Å². The van der Waals surface area contributed by atoms with Gasteiger partial charge in [0, 0.05) is 43.8 Å². The van der Waals surface area contributed by atoms with Gasteiger partial charge in [0.05, 0.1) is 40.1 Å². The number of hydrogen-bond donors (Lipinski definition) is 0. The lowest BCUT2D eigenvalue weighted by atomic mass is 9.77. The molecule has 0 unspecified atom stereocenters. The molecular formula is C58H43N3O. The van der Waals surface area contributed by atoms with Gasteiger partial charge in [0.1, 0.15) is 5.75 Å². The first-order valence-corrected chi connectivity index (χ1v) is 21.9. The van der Waals surface area contributed by atoms with Crippen LogP contribution in [0.5, 0.6) is 5.75 Å². The normalized spacial score (nSPS) is 12.8. The first kappa shape index (κ1) is 36.4. The van der Waals surface area contributed by atoms with Crippen LogP contribution >= 0.6 is 0 Å². The minimum atomic E-state index is 0.674. The molecule has 0 aliphatic heterocycles. The summed E-state index contributed by atoms with van der Waals surface area (Å²) in [4.78, 5) is 16.0. The van der Waals surface area contributed by atoms with Crippen LogP contribution < -0.4 is 4.74 Å². The third-order valence-corrected chi connectivity index (χ3v) is 13.1. The van der Waals surface area contributed by atoms with E-state index in [0.29, 0.717) is 6.61 Å². The van der Waals surface area contributed by atoms with Gasteiger partial charge in [-0.2, -0.15) is 0 Å². The highest BCUT2D eigenvalue weighted by Crippen LogP contribution is 2.48. The highest BCUT2D eigenvalue weighted by molar-refractivity contribution is 6.11. The molecule has 296 valence electrons. The number of allylic oxidation sites excluding steroid dienone is 1. The molecule has 4 nitrogen and oxygen atoms in total. The Balaban J connectivity index is 1.09. The average Bonchev–Trinajstić information content (AvgIpc) is 3.33. The zero-order valence-electron chi connectivity index (χ0n) is 34.5. The summed E-state index contributed by atoms with van der Waals surface area (Å²) >= 11 is 0. The van der Waals surface area contributed by atoms with E-state index in [2.05, 4.69) is 164 Å². The fourth-order valence-electron chi connectivity index (χ4n) is 10.2. The molecule has 3 heterocycles. The van der Waals surface area contributed by atoms with Gasteiger partial charge in [0.2, 0.25) is 0 Å². The molecule has 0 saturated heterocycles. The van der Waals surface area contributed by atoms with Crippen molar-refractivity contribution in [3.63, 3.8) is 0 Å². The lowest BCUT2D eigenvalue weighted by Gasteiger charge is -2.30. The van der Waals surface area contributed by atoms with Crippen molar-refractivity contribution in [2.24, 2.45) is 0 Å². The Bertz CT molecular complexity index is 3130. The second kappa shape index (κ2) is 14.9. The number of unbranched alkanes of at least 4 members (excludes halogenated alkanes) is 1. The molecule has 2 aliphatic rings. The highest BCUT2D eigenvalue weighted by Gasteiger charge is 2.30. The number of nitrogens with zero attached hydrogens (tertiary/aromatic N) is 3. The van der Waals surface area contributed by atoms with E-state index in [0.717, 1.165) is 99.3 Å². The number of aromatic nitrogens is 3. The van der Waals surface area contributed by atoms with Crippen molar-refractivity contribution in [3.05, 3.63) is 193 Å². The Morgan fingerprint density at radius 1 is 0.452 bits per heavy atom. The molecule has 10 aromatic rings. The highest BCUT2D eigenvalue weighted by atomic mass is 16.5. The van der Waals surface area contributed by atoms with Crippen molar-refractivity contribution < 1.29 is 4.74 Å². The van der Waals surface area contributed by atoms with Gasteiger partial charge in [0.25, 0.3) is 0 Å². The number of ether oxygens (including phenoxy) is 1. The lowest BCUT2D eigenvalue weighted by Crippen LogP contribution is -2.15. The fourth-order valence-corrected chi connectivity index (χ4v) is 10.2. The van der Waals surface area contributed by atoms with Gasteiger partial charge in [-0.1, -0.05) is 115 Å². The molecule has 0 bridgehead atoms. The summed E-state index contributed by atoms with van der Waals surface area (Å²) in [6.45, 7) is 4.55. The zero-order chi connectivity index (χ0) is 41.1. The molecule has 7 aromatic carbocycles. The summed E-state index contributed by atoms with van der Waals surface area (Å²) in [5, 5.41) is 4.63. The first-order chi connectivity index (χ1) is 30.7. The monoisotopic (exact) mass is 797 g/mol. The Hall–Kier alpha value is -7.43. The number of hydrogen-bond acceptors (Lipinski definition) is 4. The molecule has 4 heteroatoms. The molecule has 0 radical (unpaired) electrons. The average molecular weight is 798 g/mol. The molecule has 0 atom stereocenters. The smallest absolute Gasteiger partial charge is 0.119 e. The molecule has 12 rings (SSSR count). The van der Waals surface area contributed by atoms with E-state index in [1.165, 1.54) is 66.8 Å². The minimum Gasteiger partial charge on any atom is -0.494 e. The Morgan fingerprint density at radius 3 is 1.34 bits per heavy atom. The third-order valence-electron chi connectivity index (χ3n) is 13.1. The summed E-state index contributed by atoms with van der Waals surface area (Å²) in [7, 11) is 0. The zero-order valence-corrected chi connectivity index (χ0v) is 34.5. The molecule has 2 aliphatic carbocycles. The van der Waals surface area contributed by atoms with Crippen LogP contribution in [0.1, 0.15) is 35.1 Å². The predicted octanol–water partition coefficient (Wildman–Crippen LogP) is 14.4. The number of para-hydroxylation sites is 4. The molecule has 3 aromatic heterocycles. The molecule has 0 spiro atoms. The summed E-state index contributed by atoms with van der Waals surface area (Å²) in [5.74, 6) is 0.896. The third kappa shape index (κ3) is 6.01. The quantitative estimate of drug-likeness (QED) is 0.0873. The number of aryl methyl sites for hydroxylation is 2. The predicted molar refractivity (Wildman–Crippen MR) is 257 cm³/mol. The number of benzene rings is 7. The van der Waals surface area contributed by atoms with Crippen LogP contribution in [-0.4, -0.2) is 21.6 Å². The second-order valence-electron chi connectivity index (χ2n) is 16.7. The van der Waals surface area contributed by atoms with Gasteiger partial charge in [0.15, 0.2) is 0 Å². The van der Waals surface area contributed by atoms with Gasteiger partial charge >= 0.3 is 0 Å². The second-order valence-corrected chi connectivity index (χ2v) is 16.7. The van der Waals surface area contributed by atoms with Crippen LogP contribution in [0.25, 0.3) is 99.5 Å². The number of rotatable bonds is 8. The van der Waals surface area contributed by atoms with E-state index in [4.69, 9.17) is 19.7 Å². The fraction of sp³-hybridized carbons (Fsp3) is 0.121. The minimum absolute atomic E-state index is 0.674. The van der Waals surface area contributed by atoms with Gasteiger partial charge in [-0.3, -0.25) is 0 Å². The van der Waals surface area contributed by atoms with E-state index in [-0.39, 0.29) is 0 Å². The van der Waals surface area contributed by atoms with E-state index in [9.17, 15) is 0 Å². The topological polar surface area (TPSA) is 47.9 Å². The Labute approximate surface area is 361 Å². The Morgan fingerprint density at radius 2 is 0.887 bits per heavy atom. The molecule has 0 saturated carbocycles. The van der Waals surface area contributed by atoms with Gasteiger partial charge in [-0.15, -0.1) is 6.58 Å². The van der Waals surface area contributed by atoms with Crippen molar-refractivity contribution in [2.75, 3.05) is 6.61 Å². The van der Waals surface area contributed by atoms with Gasteiger partial charge in [-0.25, -0.2) is 15.0 Å². The van der Waals surface area contributed by atoms with E-state index < -0.39 is 0 Å². The lowest BCUT2D eigenvalue weighted by molar-refractivity contribution is 0.312. The summed E-state index contributed by atoms with van der Waals surface area (Å²) in [6, 6.07) is 57.1. The maximum Gasteiger partial charge on any atom is 0.119 e. The molecule has 0 N–H and O–H groups in total. The van der Waals surface area contributed by atoms with Gasteiger partial charge < -0.3 is 4.74 Å². The Kier molecular flexibility index (Phi) is 8.77. The number of pyridine rings is 3. The van der Waals surface area contributed by atoms with E-state index >= 15 is 0 Å². The van der Waals surface area contributed by atoms with E-state index in [1.54, 1.807) is 0 Å². The van der Waals surface area contributed by atoms with Gasteiger partial charge in [-0.05, 0) is 132 Å².